The topological polar surface area (TPSA) is 58.5 Å². The summed E-state index contributed by atoms with van der Waals surface area (Å²) in [5.41, 5.74) is -0.495. The highest BCUT2D eigenvalue weighted by molar-refractivity contribution is 6.99. The standard InChI is InChI=1S/C11H19N3O2S/c1-10(2)5-8(11(3,4)14(10)15)7-16-9-6-12-17-13-9/h6,8,15H,5,7H2,1-4H3. The molecule has 0 spiro atoms. The molecule has 1 N–H and O–H groups in total. The van der Waals surface area contributed by atoms with Gasteiger partial charge in [0.15, 0.2) is 0 Å². The molecule has 1 aromatic heterocycles. The first kappa shape index (κ1) is 12.7. The fraction of sp³-hybridized carbons (Fsp3) is 0.818. The zero-order chi connectivity index (χ0) is 12.7. The monoisotopic (exact) mass is 257 g/mol. The Labute approximate surface area is 106 Å². The van der Waals surface area contributed by atoms with Gasteiger partial charge in [0.05, 0.1) is 18.3 Å². The summed E-state index contributed by atoms with van der Waals surface area (Å²) in [6.07, 6.45) is 2.52. The van der Waals surface area contributed by atoms with Crippen LogP contribution in [0.3, 0.4) is 0 Å². The Hall–Kier alpha value is -0.720. The van der Waals surface area contributed by atoms with E-state index in [-0.39, 0.29) is 17.0 Å². The van der Waals surface area contributed by atoms with Gasteiger partial charge in [-0.3, -0.25) is 0 Å². The molecule has 0 aromatic carbocycles. The Morgan fingerprint density at radius 3 is 2.71 bits per heavy atom. The molecule has 5 nitrogen and oxygen atoms in total. The van der Waals surface area contributed by atoms with E-state index >= 15 is 0 Å². The second kappa shape index (κ2) is 4.19. The molecular formula is C11H19N3O2S. The summed E-state index contributed by atoms with van der Waals surface area (Å²) in [5.74, 6) is 0.837. The number of hydrogen-bond donors (Lipinski definition) is 1. The van der Waals surface area contributed by atoms with Crippen LogP contribution in [0.5, 0.6) is 5.88 Å². The van der Waals surface area contributed by atoms with E-state index in [2.05, 4.69) is 8.75 Å². The van der Waals surface area contributed by atoms with Crippen molar-refractivity contribution in [3.8, 4) is 5.88 Å². The Morgan fingerprint density at radius 2 is 2.24 bits per heavy atom. The minimum Gasteiger partial charge on any atom is -0.476 e. The van der Waals surface area contributed by atoms with Crippen LogP contribution in [0, 0.1) is 5.92 Å². The van der Waals surface area contributed by atoms with Gasteiger partial charge >= 0.3 is 0 Å². The quantitative estimate of drug-likeness (QED) is 0.899. The molecule has 0 saturated carbocycles. The van der Waals surface area contributed by atoms with Gasteiger partial charge in [0, 0.05) is 17.0 Å². The minimum atomic E-state index is -0.285. The van der Waals surface area contributed by atoms with E-state index in [0.29, 0.717) is 12.5 Å². The Bertz CT molecular complexity index is 378. The van der Waals surface area contributed by atoms with Gasteiger partial charge in [0.1, 0.15) is 6.20 Å². The van der Waals surface area contributed by atoms with E-state index in [1.54, 1.807) is 6.20 Å². The third kappa shape index (κ3) is 2.29. The number of rotatable bonds is 3. The normalized spacial score (nSPS) is 27.2. The molecule has 17 heavy (non-hydrogen) atoms. The predicted octanol–water partition coefficient (Wildman–Crippen LogP) is 2.19. The molecular weight excluding hydrogens is 238 g/mol. The van der Waals surface area contributed by atoms with Crippen molar-refractivity contribution >= 4 is 11.7 Å². The minimum absolute atomic E-state index is 0.210. The highest BCUT2D eigenvalue weighted by Gasteiger charge is 2.51. The first-order chi connectivity index (χ1) is 7.84. The molecule has 96 valence electrons. The van der Waals surface area contributed by atoms with Crippen LogP contribution >= 0.6 is 11.7 Å². The lowest BCUT2D eigenvalue weighted by Gasteiger charge is -2.35. The summed E-state index contributed by atoms with van der Waals surface area (Å²) in [6, 6.07) is 0. The molecule has 1 aromatic rings. The van der Waals surface area contributed by atoms with Gasteiger partial charge in [-0.25, -0.2) is 0 Å². The van der Waals surface area contributed by atoms with Gasteiger partial charge in [0.25, 0.3) is 0 Å². The lowest BCUT2D eigenvalue weighted by atomic mass is 9.88. The van der Waals surface area contributed by atoms with Crippen LogP contribution in [0.1, 0.15) is 34.1 Å². The lowest BCUT2D eigenvalue weighted by Crippen LogP contribution is -2.48. The van der Waals surface area contributed by atoms with Crippen LogP contribution in [-0.4, -0.2) is 36.7 Å². The van der Waals surface area contributed by atoms with Crippen LogP contribution in [0.2, 0.25) is 0 Å². The van der Waals surface area contributed by atoms with Gasteiger partial charge in [-0.2, -0.15) is 9.44 Å². The number of hydroxylamine groups is 2. The van der Waals surface area contributed by atoms with E-state index in [1.807, 2.05) is 27.7 Å². The highest BCUT2D eigenvalue weighted by atomic mass is 32.1. The van der Waals surface area contributed by atoms with Crippen molar-refractivity contribution < 1.29 is 9.94 Å². The van der Waals surface area contributed by atoms with E-state index < -0.39 is 0 Å². The third-order valence-electron chi connectivity index (χ3n) is 3.64. The van der Waals surface area contributed by atoms with Crippen LogP contribution in [0.4, 0.5) is 0 Å². The fourth-order valence-electron chi connectivity index (χ4n) is 2.56. The number of hydrogen-bond acceptors (Lipinski definition) is 6. The smallest absolute Gasteiger partial charge is 0.245 e. The largest absolute Gasteiger partial charge is 0.476 e. The number of aromatic nitrogens is 2. The molecule has 1 aliphatic heterocycles. The van der Waals surface area contributed by atoms with Crippen LogP contribution in [0.25, 0.3) is 0 Å². The zero-order valence-electron chi connectivity index (χ0n) is 10.7. The fourth-order valence-corrected chi connectivity index (χ4v) is 2.93. The maximum Gasteiger partial charge on any atom is 0.245 e. The lowest BCUT2D eigenvalue weighted by molar-refractivity contribution is -0.197. The number of nitrogens with zero attached hydrogens (tertiary/aromatic N) is 3. The summed E-state index contributed by atoms with van der Waals surface area (Å²) >= 11 is 1.14. The molecule has 1 unspecified atom stereocenters. The Kier molecular flexibility index (Phi) is 3.14. The summed E-state index contributed by atoms with van der Waals surface area (Å²) in [7, 11) is 0. The van der Waals surface area contributed by atoms with Crippen molar-refractivity contribution in [1.82, 2.24) is 13.8 Å². The maximum absolute atomic E-state index is 10.2. The third-order valence-corrected chi connectivity index (χ3v) is 4.10. The predicted molar refractivity (Wildman–Crippen MR) is 65.3 cm³/mol. The zero-order valence-corrected chi connectivity index (χ0v) is 11.5. The summed E-state index contributed by atoms with van der Waals surface area (Å²) in [5, 5.41) is 11.6. The van der Waals surface area contributed by atoms with E-state index in [0.717, 1.165) is 18.1 Å². The van der Waals surface area contributed by atoms with E-state index in [4.69, 9.17) is 4.74 Å². The molecule has 2 rings (SSSR count). The van der Waals surface area contributed by atoms with Crippen molar-refractivity contribution in [3.63, 3.8) is 0 Å². The maximum atomic E-state index is 10.2. The second-order valence-electron chi connectivity index (χ2n) is 5.74. The molecule has 0 amide bonds. The van der Waals surface area contributed by atoms with E-state index in [9.17, 15) is 5.21 Å². The van der Waals surface area contributed by atoms with Gasteiger partial charge in [0.2, 0.25) is 5.88 Å². The Balaban J connectivity index is 2.02. The van der Waals surface area contributed by atoms with Gasteiger partial charge in [-0.15, -0.1) is 4.37 Å². The number of ether oxygens (including phenoxy) is 1. The molecule has 1 saturated heterocycles. The van der Waals surface area contributed by atoms with Crippen molar-refractivity contribution in [2.45, 2.75) is 45.2 Å². The summed E-state index contributed by atoms with van der Waals surface area (Å²) in [6.45, 7) is 8.71. The molecule has 0 aliphatic carbocycles. The van der Waals surface area contributed by atoms with Crippen LogP contribution < -0.4 is 4.74 Å². The van der Waals surface area contributed by atoms with Gasteiger partial charge < -0.3 is 9.94 Å². The average Bonchev–Trinajstić information content (AvgIpc) is 2.79. The van der Waals surface area contributed by atoms with Crippen molar-refractivity contribution in [3.05, 3.63) is 6.20 Å². The van der Waals surface area contributed by atoms with Gasteiger partial charge in [-0.05, 0) is 34.1 Å². The molecule has 1 aliphatic rings. The SMILES string of the molecule is CC1(C)CC(COc2cnsn2)C(C)(C)N1O. The van der Waals surface area contributed by atoms with Crippen molar-refractivity contribution in [2.75, 3.05) is 6.61 Å². The molecule has 1 atom stereocenters. The Morgan fingerprint density at radius 1 is 1.53 bits per heavy atom. The molecule has 0 radical (unpaired) electrons. The second-order valence-corrected chi connectivity index (χ2v) is 6.29. The molecule has 1 fully saturated rings. The summed E-state index contributed by atoms with van der Waals surface area (Å²) in [4.78, 5) is 0. The van der Waals surface area contributed by atoms with Gasteiger partial charge in [-0.1, -0.05) is 0 Å². The highest BCUT2D eigenvalue weighted by Crippen LogP contribution is 2.43. The van der Waals surface area contributed by atoms with E-state index in [1.165, 1.54) is 5.06 Å². The molecule has 0 bridgehead atoms. The first-order valence-corrected chi connectivity index (χ1v) is 6.46. The summed E-state index contributed by atoms with van der Waals surface area (Å²) < 4.78 is 13.5. The van der Waals surface area contributed by atoms with Crippen LogP contribution in [0.15, 0.2) is 6.20 Å². The average molecular weight is 257 g/mol. The van der Waals surface area contributed by atoms with Crippen molar-refractivity contribution in [2.24, 2.45) is 5.92 Å². The molecule has 2 heterocycles. The van der Waals surface area contributed by atoms with Crippen LogP contribution in [-0.2, 0) is 0 Å². The first-order valence-electron chi connectivity index (χ1n) is 5.73. The molecule has 6 heteroatoms. The van der Waals surface area contributed by atoms with Crippen molar-refractivity contribution in [1.29, 1.82) is 0 Å².